The van der Waals surface area contributed by atoms with Crippen LogP contribution in [0.4, 0.5) is 17.1 Å². The lowest BCUT2D eigenvalue weighted by Gasteiger charge is -2.33. The van der Waals surface area contributed by atoms with Gasteiger partial charge in [0.15, 0.2) is 0 Å². The van der Waals surface area contributed by atoms with Crippen molar-refractivity contribution in [1.29, 1.82) is 5.26 Å². The van der Waals surface area contributed by atoms with Crippen LogP contribution >= 0.6 is 0 Å². The average Bonchev–Trinajstić information content (AvgIpc) is 3.20. The minimum atomic E-state index is -0.133. The summed E-state index contributed by atoms with van der Waals surface area (Å²) in [6.45, 7) is 11.4. The number of hydrogen-bond donors (Lipinski definition) is 0. The Hall–Kier alpha value is -4.61. The molecule has 0 saturated carbocycles. The molecule has 40 heavy (non-hydrogen) atoms. The van der Waals surface area contributed by atoms with E-state index >= 15 is 0 Å². The van der Waals surface area contributed by atoms with Crippen LogP contribution in [0.2, 0.25) is 0 Å². The van der Waals surface area contributed by atoms with Gasteiger partial charge in [-0.25, -0.2) is 0 Å². The Labute approximate surface area is 238 Å². The molecule has 0 unspecified atom stereocenters. The minimum absolute atomic E-state index is 0.119. The molecule has 0 saturated heterocycles. The normalized spacial score (nSPS) is 13.3. The van der Waals surface area contributed by atoms with Crippen LogP contribution in [-0.4, -0.2) is 0 Å². The third kappa shape index (κ3) is 4.19. The summed E-state index contributed by atoms with van der Waals surface area (Å²) < 4.78 is 0. The van der Waals surface area contributed by atoms with Gasteiger partial charge in [-0.1, -0.05) is 113 Å². The van der Waals surface area contributed by atoms with E-state index in [-0.39, 0.29) is 10.8 Å². The highest BCUT2D eigenvalue weighted by molar-refractivity contribution is 5.88. The maximum atomic E-state index is 10.2. The molecule has 0 N–H and O–H groups in total. The molecule has 0 aromatic heterocycles. The first-order chi connectivity index (χ1) is 19.2. The lowest BCUT2D eigenvalue weighted by atomic mass is 9.82. The van der Waals surface area contributed by atoms with Crippen LogP contribution in [0.5, 0.6) is 0 Å². The molecule has 0 atom stereocenters. The Bertz CT molecular complexity index is 1760. The molecule has 0 fully saturated rings. The van der Waals surface area contributed by atoms with E-state index in [4.69, 9.17) is 0 Å². The van der Waals surface area contributed by atoms with Crippen LogP contribution in [0.15, 0.2) is 115 Å². The SMILES string of the molecule is CC(C)(C)c1cc(-c2ccccc2)ccc1N(c1ccc2c(c1)C(C)(C)c1ccccc1-2)c1ccccc1C#N. The summed E-state index contributed by atoms with van der Waals surface area (Å²) in [5, 5.41) is 10.2. The van der Waals surface area contributed by atoms with Crippen LogP contribution in [0.3, 0.4) is 0 Å². The van der Waals surface area contributed by atoms with E-state index in [0.29, 0.717) is 5.56 Å². The van der Waals surface area contributed by atoms with Crippen LogP contribution in [0.1, 0.15) is 56.9 Å². The van der Waals surface area contributed by atoms with Gasteiger partial charge >= 0.3 is 0 Å². The van der Waals surface area contributed by atoms with Gasteiger partial charge in [0.05, 0.1) is 11.3 Å². The first kappa shape index (κ1) is 25.7. The van der Waals surface area contributed by atoms with Crippen molar-refractivity contribution in [2.45, 2.75) is 45.4 Å². The number of rotatable bonds is 4. The molecular formula is C38H34N2. The van der Waals surface area contributed by atoms with Crippen molar-refractivity contribution in [3.8, 4) is 28.3 Å². The summed E-state index contributed by atoms with van der Waals surface area (Å²) in [4.78, 5) is 2.28. The Morgan fingerprint density at radius 3 is 2.05 bits per heavy atom. The Morgan fingerprint density at radius 2 is 1.30 bits per heavy atom. The van der Waals surface area contributed by atoms with Gasteiger partial charge in [0.2, 0.25) is 0 Å². The van der Waals surface area contributed by atoms with Gasteiger partial charge in [-0.05, 0) is 80.8 Å². The lowest BCUT2D eigenvalue weighted by molar-refractivity contribution is 0.591. The topological polar surface area (TPSA) is 27.0 Å². The molecule has 2 nitrogen and oxygen atoms in total. The molecule has 0 radical (unpaired) electrons. The Kier molecular flexibility index (Phi) is 6.12. The van der Waals surface area contributed by atoms with Crippen molar-refractivity contribution in [1.82, 2.24) is 0 Å². The maximum Gasteiger partial charge on any atom is 0.101 e. The molecule has 1 aliphatic carbocycles. The number of fused-ring (bicyclic) bond motifs is 3. The molecule has 1 aliphatic rings. The molecule has 2 heteroatoms. The van der Waals surface area contributed by atoms with Gasteiger partial charge in [0.25, 0.3) is 0 Å². The van der Waals surface area contributed by atoms with Gasteiger partial charge in [0, 0.05) is 16.8 Å². The highest BCUT2D eigenvalue weighted by Crippen LogP contribution is 2.51. The lowest BCUT2D eigenvalue weighted by Crippen LogP contribution is -2.21. The molecule has 0 bridgehead atoms. The van der Waals surface area contributed by atoms with Crippen LogP contribution < -0.4 is 4.90 Å². The highest BCUT2D eigenvalue weighted by Gasteiger charge is 2.36. The molecule has 5 aromatic rings. The summed E-state index contributed by atoms with van der Waals surface area (Å²) >= 11 is 0. The predicted molar refractivity (Wildman–Crippen MR) is 168 cm³/mol. The second-order valence-corrected chi connectivity index (χ2v) is 12.2. The maximum absolute atomic E-state index is 10.2. The quantitative estimate of drug-likeness (QED) is 0.237. The van der Waals surface area contributed by atoms with Gasteiger partial charge < -0.3 is 4.90 Å². The molecule has 5 aromatic carbocycles. The second kappa shape index (κ2) is 9.54. The standard InChI is InChI=1S/C38H34N2/c1-37(2,3)34-23-27(26-13-7-6-8-14-26)19-22-36(34)40(35-18-12-9-15-28(35)25-39)29-20-21-31-30-16-10-11-17-32(30)38(4,5)33(31)24-29/h6-24H,1-5H3. The van der Waals surface area contributed by atoms with Crippen molar-refractivity contribution in [2.75, 3.05) is 4.90 Å². The third-order valence-corrected chi connectivity index (χ3v) is 8.24. The zero-order valence-corrected chi connectivity index (χ0v) is 23.9. The first-order valence-electron chi connectivity index (χ1n) is 13.9. The van der Waals surface area contributed by atoms with E-state index in [0.717, 1.165) is 17.1 Å². The van der Waals surface area contributed by atoms with Gasteiger partial charge in [-0.3, -0.25) is 0 Å². The number of benzene rings is 5. The number of anilines is 3. The zero-order chi connectivity index (χ0) is 28.1. The number of hydrogen-bond acceptors (Lipinski definition) is 2. The fourth-order valence-corrected chi connectivity index (χ4v) is 6.14. The van der Waals surface area contributed by atoms with E-state index in [1.165, 1.54) is 38.9 Å². The first-order valence-corrected chi connectivity index (χ1v) is 13.9. The van der Waals surface area contributed by atoms with Crippen LogP contribution in [0.25, 0.3) is 22.3 Å². The monoisotopic (exact) mass is 518 g/mol. The van der Waals surface area contributed by atoms with E-state index in [1.54, 1.807) is 0 Å². The fourth-order valence-electron chi connectivity index (χ4n) is 6.14. The second-order valence-electron chi connectivity index (χ2n) is 12.2. The predicted octanol–water partition coefficient (Wildman–Crippen LogP) is 10.3. The number of para-hydroxylation sites is 1. The van der Waals surface area contributed by atoms with Crippen molar-refractivity contribution in [3.05, 3.63) is 138 Å². The highest BCUT2D eigenvalue weighted by atomic mass is 15.1. The Balaban J connectivity index is 1.61. The van der Waals surface area contributed by atoms with Gasteiger partial charge in [0.1, 0.15) is 6.07 Å². The van der Waals surface area contributed by atoms with E-state index in [1.807, 2.05) is 18.2 Å². The van der Waals surface area contributed by atoms with Crippen molar-refractivity contribution in [3.63, 3.8) is 0 Å². The number of nitriles is 1. The van der Waals surface area contributed by atoms with Crippen molar-refractivity contribution < 1.29 is 0 Å². The average molecular weight is 519 g/mol. The molecule has 196 valence electrons. The molecule has 6 rings (SSSR count). The smallest absolute Gasteiger partial charge is 0.101 e. The van der Waals surface area contributed by atoms with E-state index < -0.39 is 0 Å². The molecular weight excluding hydrogens is 484 g/mol. The zero-order valence-electron chi connectivity index (χ0n) is 23.9. The summed E-state index contributed by atoms with van der Waals surface area (Å²) in [7, 11) is 0. The van der Waals surface area contributed by atoms with E-state index in [2.05, 4.69) is 143 Å². The summed E-state index contributed by atoms with van der Waals surface area (Å²) in [5.74, 6) is 0. The van der Waals surface area contributed by atoms with E-state index in [9.17, 15) is 5.26 Å². The molecule has 0 amide bonds. The summed E-state index contributed by atoms with van der Waals surface area (Å²) in [5.41, 5.74) is 12.3. The van der Waals surface area contributed by atoms with Crippen LogP contribution in [-0.2, 0) is 10.8 Å². The minimum Gasteiger partial charge on any atom is -0.309 e. The fraction of sp³-hybridized carbons (Fsp3) is 0.184. The third-order valence-electron chi connectivity index (χ3n) is 8.24. The largest absolute Gasteiger partial charge is 0.309 e. The van der Waals surface area contributed by atoms with Gasteiger partial charge in [-0.15, -0.1) is 0 Å². The van der Waals surface area contributed by atoms with Crippen molar-refractivity contribution >= 4 is 17.1 Å². The molecule has 0 aliphatic heterocycles. The van der Waals surface area contributed by atoms with Gasteiger partial charge in [-0.2, -0.15) is 5.26 Å². The van der Waals surface area contributed by atoms with Crippen molar-refractivity contribution in [2.24, 2.45) is 0 Å². The summed E-state index contributed by atoms with van der Waals surface area (Å²) in [6.07, 6.45) is 0. The molecule has 0 spiro atoms. The number of nitrogens with zero attached hydrogens (tertiary/aromatic N) is 2. The molecule has 0 heterocycles. The summed E-state index contributed by atoms with van der Waals surface area (Å²) in [6, 6.07) is 43.2. The Morgan fingerprint density at radius 1 is 0.625 bits per heavy atom. The van der Waals surface area contributed by atoms with Crippen LogP contribution in [0, 0.1) is 11.3 Å².